The molecule has 3 heterocycles. The first-order chi connectivity index (χ1) is 18.0. The largest absolute Gasteiger partial charge is 0.508 e. The molecule has 2 N–H and O–H groups in total. The summed E-state index contributed by atoms with van der Waals surface area (Å²) in [6.45, 7) is 1.84. The Morgan fingerprint density at radius 3 is 2.65 bits per heavy atom. The predicted octanol–water partition coefficient (Wildman–Crippen LogP) is 4.94. The standard InChI is InChI=1S/C29H23F2N5O/c1-2-17-21(30)8-5-14-10-16(37)11-18(23(14)17)27-26(31)29-25(22(34-27)4-3-9-32)28(35-36(29)15-6-7-15)24-19-12-33-13-20(19)24/h1,5,8,10-11,15,19-20,24,33,37H,3-4,6-7,12-13H2/t19-,20+,24?. The number of piperidine rings is 1. The van der Waals surface area contributed by atoms with E-state index in [1.165, 1.54) is 24.3 Å². The first kappa shape index (κ1) is 22.2. The van der Waals surface area contributed by atoms with Crippen LogP contribution >= 0.6 is 0 Å². The van der Waals surface area contributed by atoms with Crippen LogP contribution in [-0.4, -0.2) is 33.0 Å². The van der Waals surface area contributed by atoms with Crippen LogP contribution in [0.2, 0.25) is 0 Å². The molecule has 3 atom stereocenters. The van der Waals surface area contributed by atoms with Crippen LogP contribution in [0.3, 0.4) is 0 Å². The maximum atomic E-state index is 16.7. The van der Waals surface area contributed by atoms with Crippen molar-refractivity contribution in [3.05, 3.63) is 52.9 Å². The minimum atomic E-state index is -0.604. The topological polar surface area (TPSA) is 86.8 Å². The minimum Gasteiger partial charge on any atom is -0.508 e. The summed E-state index contributed by atoms with van der Waals surface area (Å²) in [6.07, 6.45) is 8.04. The average molecular weight is 496 g/mol. The molecule has 2 aliphatic carbocycles. The van der Waals surface area contributed by atoms with E-state index in [1.807, 2.05) is 0 Å². The van der Waals surface area contributed by atoms with Gasteiger partial charge >= 0.3 is 0 Å². The molecule has 2 saturated carbocycles. The van der Waals surface area contributed by atoms with Crippen LogP contribution in [0, 0.1) is 47.1 Å². The number of rotatable bonds is 5. The van der Waals surface area contributed by atoms with E-state index in [2.05, 4.69) is 17.3 Å². The second-order valence-electron chi connectivity index (χ2n) is 10.3. The van der Waals surface area contributed by atoms with Gasteiger partial charge in [-0.15, -0.1) is 6.42 Å². The zero-order valence-corrected chi connectivity index (χ0v) is 19.9. The van der Waals surface area contributed by atoms with E-state index in [0.717, 1.165) is 31.6 Å². The summed E-state index contributed by atoms with van der Waals surface area (Å²) in [5.74, 6) is 2.33. The van der Waals surface area contributed by atoms with E-state index in [9.17, 15) is 14.8 Å². The fraction of sp³-hybridized carbons (Fsp3) is 0.345. The number of terminal acetylenes is 1. The molecule has 0 radical (unpaired) electrons. The lowest BCUT2D eigenvalue weighted by Crippen LogP contribution is -2.14. The maximum Gasteiger partial charge on any atom is 0.175 e. The Morgan fingerprint density at radius 1 is 1.16 bits per heavy atom. The number of pyridine rings is 1. The molecule has 1 saturated heterocycles. The lowest BCUT2D eigenvalue weighted by Gasteiger charge is -2.14. The van der Waals surface area contributed by atoms with Gasteiger partial charge in [0.25, 0.3) is 0 Å². The summed E-state index contributed by atoms with van der Waals surface area (Å²) >= 11 is 0. The number of aromatic hydroxyl groups is 1. The Balaban J connectivity index is 1.55. The lowest BCUT2D eigenvalue weighted by atomic mass is 9.95. The number of aryl methyl sites for hydroxylation is 1. The van der Waals surface area contributed by atoms with E-state index >= 15 is 4.39 Å². The van der Waals surface area contributed by atoms with Crippen molar-refractivity contribution >= 4 is 21.7 Å². The van der Waals surface area contributed by atoms with Crippen molar-refractivity contribution in [2.45, 2.75) is 37.6 Å². The summed E-state index contributed by atoms with van der Waals surface area (Å²) in [5, 5.41) is 29.7. The summed E-state index contributed by atoms with van der Waals surface area (Å²) in [4.78, 5) is 4.77. The molecule has 184 valence electrons. The average Bonchev–Trinajstić information content (AvgIpc) is 3.77. The Kier molecular flexibility index (Phi) is 4.80. The lowest BCUT2D eigenvalue weighted by molar-refractivity contribution is 0.476. The number of aromatic nitrogens is 3. The van der Waals surface area contributed by atoms with Gasteiger partial charge in [0.15, 0.2) is 5.82 Å². The van der Waals surface area contributed by atoms with Crippen molar-refractivity contribution in [3.8, 4) is 35.4 Å². The zero-order chi connectivity index (χ0) is 25.4. The first-order valence-electron chi connectivity index (χ1n) is 12.6. The maximum absolute atomic E-state index is 16.7. The number of benzene rings is 2. The van der Waals surface area contributed by atoms with Crippen molar-refractivity contribution < 1.29 is 13.9 Å². The summed E-state index contributed by atoms with van der Waals surface area (Å²) in [7, 11) is 0. The van der Waals surface area contributed by atoms with Gasteiger partial charge in [0.1, 0.15) is 22.8 Å². The van der Waals surface area contributed by atoms with Crippen molar-refractivity contribution in [1.82, 2.24) is 20.1 Å². The molecule has 3 fully saturated rings. The van der Waals surface area contributed by atoms with Crippen LogP contribution < -0.4 is 5.32 Å². The number of nitrogens with zero attached hydrogens (tertiary/aromatic N) is 4. The molecule has 8 heteroatoms. The van der Waals surface area contributed by atoms with E-state index in [4.69, 9.17) is 16.5 Å². The van der Waals surface area contributed by atoms with Gasteiger partial charge in [-0.25, -0.2) is 13.8 Å². The van der Waals surface area contributed by atoms with Gasteiger partial charge in [-0.2, -0.15) is 10.4 Å². The number of halogens is 2. The SMILES string of the molecule is C#Cc1c(F)ccc2cc(O)cc(-c3nc(CCC#N)c4c(C5[C@H]6CNC[C@@H]56)nn(C5CC5)c4c3F)c12. The van der Waals surface area contributed by atoms with Crippen molar-refractivity contribution in [3.63, 3.8) is 0 Å². The number of hydrogen-bond acceptors (Lipinski definition) is 5. The fourth-order valence-corrected chi connectivity index (χ4v) is 6.23. The van der Waals surface area contributed by atoms with Crippen LogP contribution in [-0.2, 0) is 6.42 Å². The quantitative estimate of drug-likeness (QED) is 0.383. The van der Waals surface area contributed by atoms with Crippen LogP contribution in [0.15, 0.2) is 24.3 Å². The number of phenolic OH excluding ortho intramolecular Hbond substituents is 1. The Labute approximate surface area is 211 Å². The molecule has 2 aromatic carbocycles. The zero-order valence-electron chi connectivity index (χ0n) is 19.9. The van der Waals surface area contributed by atoms with Crippen LogP contribution in [0.1, 0.15) is 48.2 Å². The molecule has 0 bridgehead atoms. The highest BCUT2D eigenvalue weighted by atomic mass is 19.1. The molecule has 3 aliphatic rings. The van der Waals surface area contributed by atoms with E-state index in [1.54, 1.807) is 4.68 Å². The number of phenols is 1. The molecule has 37 heavy (non-hydrogen) atoms. The van der Waals surface area contributed by atoms with Gasteiger partial charge in [-0.1, -0.05) is 12.0 Å². The van der Waals surface area contributed by atoms with Crippen molar-refractivity contribution in [2.75, 3.05) is 13.1 Å². The molecule has 1 unspecified atom stereocenters. The molecule has 4 aromatic rings. The first-order valence-corrected chi connectivity index (χ1v) is 12.6. The third-order valence-electron chi connectivity index (χ3n) is 8.11. The number of fused-ring (bicyclic) bond motifs is 3. The Bertz CT molecular complexity index is 1700. The highest BCUT2D eigenvalue weighted by Gasteiger charge is 2.56. The van der Waals surface area contributed by atoms with Crippen molar-refractivity contribution in [2.24, 2.45) is 11.8 Å². The highest BCUT2D eigenvalue weighted by Crippen LogP contribution is 2.58. The fourth-order valence-electron chi connectivity index (χ4n) is 6.23. The number of hydrogen-bond donors (Lipinski definition) is 2. The molecular weight excluding hydrogens is 472 g/mol. The third-order valence-corrected chi connectivity index (χ3v) is 8.11. The Hall–Kier alpha value is -4.01. The van der Waals surface area contributed by atoms with Crippen LogP contribution in [0.4, 0.5) is 8.78 Å². The van der Waals surface area contributed by atoms with E-state index in [0.29, 0.717) is 45.6 Å². The summed E-state index contributed by atoms with van der Waals surface area (Å²) < 4.78 is 33.2. The molecule has 6 nitrogen and oxygen atoms in total. The molecular formula is C29H23F2N5O. The van der Waals surface area contributed by atoms with Gasteiger partial charge in [0.2, 0.25) is 0 Å². The monoisotopic (exact) mass is 495 g/mol. The molecule has 0 amide bonds. The molecule has 1 aliphatic heterocycles. The van der Waals surface area contributed by atoms with E-state index < -0.39 is 11.6 Å². The summed E-state index contributed by atoms with van der Waals surface area (Å²) in [5.41, 5.74) is 2.04. The Morgan fingerprint density at radius 2 is 1.95 bits per heavy atom. The van der Waals surface area contributed by atoms with Gasteiger partial charge in [0, 0.05) is 35.1 Å². The van der Waals surface area contributed by atoms with Gasteiger partial charge in [-0.05, 0) is 61.4 Å². The number of nitrogens with one attached hydrogen (secondary N) is 1. The molecule has 7 rings (SSSR count). The second-order valence-corrected chi connectivity index (χ2v) is 10.3. The molecule has 2 aromatic heterocycles. The van der Waals surface area contributed by atoms with Gasteiger partial charge in [-0.3, -0.25) is 4.68 Å². The van der Waals surface area contributed by atoms with Gasteiger partial charge in [0.05, 0.1) is 29.1 Å². The highest BCUT2D eigenvalue weighted by molar-refractivity contribution is 6.02. The van der Waals surface area contributed by atoms with Gasteiger partial charge < -0.3 is 10.4 Å². The number of nitriles is 1. The second kappa shape index (κ2) is 7.99. The predicted molar refractivity (Wildman–Crippen MR) is 135 cm³/mol. The molecule has 0 spiro atoms. The smallest absolute Gasteiger partial charge is 0.175 e. The van der Waals surface area contributed by atoms with Crippen LogP contribution in [0.5, 0.6) is 5.75 Å². The van der Waals surface area contributed by atoms with E-state index in [-0.39, 0.29) is 41.0 Å². The third kappa shape index (κ3) is 3.26. The minimum absolute atomic E-state index is 0.0120. The van der Waals surface area contributed by atoms with Crippen molar-refractivity contribution in [1.29, 1.82) is 5.26 Å². The van der Waals surface area contributed by atoms with Crippen LogP contribution in [0.25, 0.3) is 32.9 Å². The summed E-state index contributed by atoms with van der Waals surface area (Å²) in [6, 6.07) is 7.89. The normalized spacial score (nSPS) is 22.2.